The van der Waals surface area contributed by atoms with Crippen molar-refractivity contribution in [2.75, 3.05) is 25.1 Å². The van der Waals surface area contributed by atoms with Crippen LogP contribution in [0.5, 0.6) is 5.75 Å². The number of nitrogens with zero attached hydrogens (tertiary/aromatic N) is 3. The predicted molar refractivity (Wildman–Crippen MR) is 86.2 cm³/mol. The van der Waals surface area contributed by atoms with Gasteiger partial charge < -0.3 is 14.7 Å². The summed E-state index contributed by atoms with van der Waals surface area (Å²) in [4.78, 5) is 11.1. The number of phenols is 1. The highest BCUT2D eigenvalue weighted by molar-refractivity contribution is 5.80. The first-order valence-electron chi connectivity index (χ1n) is 7.49. The Bertz CT molecular complexity index is 688. The normalized spacial score (nSPS) is 18.0. The Hall–Kier alpha value is -2.14. The second-order valence-corrected chi connectivity index (χ2v) is 5.75. The molecule has 5 nitrogen and oxygen atoms in total. The molecule has 0 aliphatic carbocycles. The van der Waals surface area contributed by atoms with Gasteiger partial charge in [0.05, 0.1) is 11.8 Å². The lowest BCUT2D eigenvalue weighted by Gasteiger charge is -2.22. The molecule has 2 heterocycles. The number of aromatic nitrogens is 2. The van der Waals surface area contributed by atoms with Crippen LogP contribution in [0.2, 0.25) is 0 Å². The van der Waals surface area contributed by atoms with Crippen LogP contribution in [0, 0.1) is 13.8 Å². The van der Waals surface area contributed by atoms with Gasteiger partial charge in [0.15, 0.2) is 0 Å². The third-order valence-corrected chi connectivity index (χ3v) is 4.27. The molecule has 2 aromatic rings. The van der Waals surface area contributed by atoms with Crippen LogP contribution in [0.4, 0.5) is 5.82 Å². The third kappa shape index (κ3) is 2.64. The molecule has 1 aromatic carbocycles. The van der Waals surface area contributed by atoms with E-state index in [4.69, 9.17) is 4.74 Å². The molecule has 0 saturated carbocycles. The maximum Gasteiger partial charge on any atom is 0.140 e. The molecule has 1 aromatic heterocycles. The number of hydrogen-bond acceptors (Lipinski definition) is 5. The van der Waals surface area contributed by atoms with Gasteiger partial charge in [-0.1, -0.05) is 6.07 Å². The molecule has 0 amide bonds. The first-order chi connectivity index (χ1) is 10.6. The van der Waals surface area contributed by atoms with Crippen molar-refractivity contribution in [1.29, 1.82) is 0 Å². The van der Waals surface area contributed by atoms with Crippen molar-refractivity contribution in [3.05, 3.63) is 35.8 Å². The highest BCUT2D eigenvalue weighted by atomic mass is 16.5. The lowest BCUT2D eigenvalue weighted by molar-refractivity contribution is 0.121. The smallest absolute Gasteiger partial charge is 0.140 e. The van der Waals surface area contributed by atoms with Gasteiger partial charge in [0.25, 0.3) is 0 Å². The van der Waals surface area contributed by atoms with Crippen molar-refractivity contribution in [2.45, 2.75) is 26.4 Å². The van der Waals surface area contributed by atoms with E-state index in [0.717, 1.165) is 47.7 Å². The number of rotatable bonds is 3. The number of ether oxygens (including phenoxy) is 1. The maximum atomic E-state index is 9.64. The summed E-state index contributed by atoms with van der Waals surface area (Å²) < 4.78 is 5.46. The van der Waals surface area contributed by atoms with Gasteiger partial charge in [-0.15, -0.1) is 0 Å². The first kappa shape index (κ1) is 14.8. The van der Waals surface area contributed by atoms with E-state index in [1.165, 1.54) is 0 Å². The number of methoxy groups -OCH3 is 1. The van der Waals surface area contributed by atoms with Crippen LogP contribution in [0.15, 0.2) is 24.5 Å². The highest BCUT2D eigenvalue weighted by Gasteiger charge is 2.26. The largest absolute Gasteiger partial charge is 0.508 e. The van der Waals surface area contributed by atoms with Gasteiger partial charge in [-0.3, -0.25) is 0 Å². The maximum absolute atomic E-state index is 9.64. The number of benzene rings is 1. The highest BCUT2D eigenvalue weighted by Crippen LogP contribution is 2.35. The summed E-state index contributed by atoms with van der Waals surface area (Å²) in [6.07, 6.45) is 2.88. The zero-order valence-electron chi connectivity index (χ0n) is 13.2. The molecule has 5 heteroatoms. The van der Waals surface area contributed by atoms with Crippen molar-refractivity contribution >= 4 is 5.82 Å². The molecule has 22 heavy (non-hydrogen) atoms. The summed E-state index contributed by atoms with van der Waals surface area (Å²) in [5, 5.41) is 9.64. The molecule has 1 aliphatic heterocycles. The van der Waals surface area contributed by atoms with Gasteiger partial charge in [0, 0.05) is 25.8 Å². The van der Waals surface area contributed by atoms with E-state index in [2.05, 4.69) is 14.9 Å². The van der Waals surface area contributed by atoms with Crippen LogP contribution in [-0.4, -0.2) is 41.4 Å². The quantitative estimate of drug-likeness (QED) is 0.944. The van der Waals surface area contributed by atoms with Crippen molar-refractivity contribution in [3.63, 3.8) is 0 Å². The molecule has 0 unspecified atom stereocenters. The van der Waals surface area contributed by atoms with Crippen molar-refractivity contribution in [3.8, 4) is 16.9 Å². The summed E-state index contributed by atoms with van der Waals surface area (Å²) in [5.41, 5.74) is 4.06. The zero-order chi connectivity index (χ0) is 15.7. The minimum atomic E-state index is 0.254. The second kappa shape index (κ2) is 5.93. The average Bonchev–Trinajstić information content (AvgIpc) is 2.97. The van der Waals surface area contributed by atoms with Crippen molar-refractivity contribution in [2.24, 2.45) is 0 Å². The molecule has 1 N–H and O–H groups in total. The van der Waals surface area contributed by atoms with E-state index in [0.29, 0.717) is 0 Å². The molecule has 3 rings (SSSR count). The van der Waals surface area contributed by atoms with Crippen LogP contribution < -0.4 is 4.90 Å². The lowest BCUT2D eigenvalue weighted by Crippen LogP contribution is -2.24. The van der Waals surface area contributed by atoms with E-state index in [-0.39, 0.29) is 11.9 Å². The summed E-state index contributed by atoms with van der Waals surface area (Å²) >= 11 is 0. The Labute approximate surface area is 130 Å². The average molecular weight is 299 g/mol. The molecule has 1 atom stereocenters. The Balaban J connectivity index is 2.07. The van der Waals surface area contributed by atoms with Crippen molar-refractivity contribution in [1.82, 2.24) is 9.97 Å². The molecular weight excluding hydrogens is 278 g/mol. The van der Waals surface area contributed by atoms with Gasteiger partial charge >= 0.3 is 0 Å². The van der Waals surface area contributed by atoms with Crippen LogP contribution in [-0.2, 0) is 4.74 Å². The lowest BCUT2D eigenvalue weighted by atomic mass is 9.99. The molecule has 1 aliphatic rings. The first-order valence-corrected chi connectivity index (χ1v) is 7.49. The van der Waals surface area contributed by atoms with E-state index in [1.54, 1.807) is 25.6 Å². The molecule has 0 spiro atoms. The van der Waals surface area contributed by atoms with Gasteiger partial charge in [-0.05, 0) is 43.5 Å². The number of phenolic OH excluding ortho intramolecular Hbond substituents is 1. The summed E-state index contributed by atoms with van der Waals surface area (Å²) in [6.45, 7) is 5.76. The second-order valence-electron chi connectivity index (χ2n) is 5.75. The number of hydrogen-bond donors (Lipinski definition) is 1. The fourth-order valence-corrected chi connectivity index (χ4v) is 3.06. The van der Waals surface area contributed by atoms with E-state index >= 15 is 0 Å². The predicted octanol–water partition coefficient (Wildman–Crippen LogP) is 2.69. The zero-order valence-corrected chi connectivity index (χ0v) is 13.2. The van der Waals surface area contributed by atoms with E-state index in [1.807, 2.05) is 19.9 Å². The summed E-state index contributed by atoms with van der Waals surface area (Å²) in [7, 11) is 1.75. The van der Waals surface area contributed by atoms with Gasteiger partial charge in [0.1, 0.15) is 17.9 Å². The van der Waals surface area contributed by atoms with E-state index < -0.39 is 0 Å². The molecule has 0 radical (unpaired) electrons. The van der Waals surface area contributed by atoms with Gasteiger partial charge in [-0.2, -0.15) is 0 Å². The van der Waals surface area contributed by atoms with Crippen molar-refractivity contribution < 1.29 is 9.84 Å². The monoisotopic (exact) mass is 299 g/mol. The SMILES string of the molecule is CO[C@H]1CCN(c2ncnc(C)c2-c2ccc(O)cc2C)C1. The van der Waals surface area contributed by atoms with Gasteiger partial charge in [-0.25, -0.2) is 9.97 Å². The van der Waals surface area contributed by atoms with Crippen LogP contribution in [0.25, 0.3) is 11.1 Å². The molecule has 0 bridgehead atoms. The Morgan fingerprint density at radius 3 is 2.77 bits per heavy atom. The van der Waals surface area contributed by atoms with E-state index in [9.17, 15) is 5.11 Å². The molecular formula is C17H21N3O2. The van der Waals surface area contributed by atoms with Crippen LogP contribution in [0.1, 0.15) is 17.7 Å². The summed E-state index contributed by atoms with van der Waals surface area (Å²) in [5.74, 6) is 1.22. The number of aryl methyl sites for hydroxylation is 2. The Morgan fingerprint density at radius 1 is 1.27 bits per heavy atom. The molecule has 1 saturated heterocycles. The van der Waals surface area contributed by atoms with Gasteiger partial charge in [0.2, 0.25) is 0 Å². The molecule has 116 valence electrons. The van der Waals surface area contributed by atoms with Crippen LogP contribution in [0.3, 0.4) is 0 Å². The minimum absolute atomic E-state index is 0.254. The number of aromatic hydroxyl groups is 1. The summed E-state index contributed by atoms with van der Waals surface area (Å²) in [6, 6.07) is 5.41. The topological polar surface area (TPSA) is 58.5 Å². The Morgan fingerprint density at radius 2 is 2.09 bits per heavy atom. The standard InChI is InChI=1S/C17H21N3O2/c1-11-8-13(21)4-5-15(11)16-12(2)18-10-19-17(16)20-7-6-14(9-20)22-3/h4-5,8,10,14,21H,6-7,9H2,1-3H3/t14-/m0/s1. The van der Waals surface area contributed by atoms with Crippen LogP contribution >= 0.6 is 0 Å². The fourth-order valence-electron chi connectivity index (χ4n) is 3.06. The Kier molecular flexibility index (Phi) is 3.98. The fraction of sp³-hybridized carbons (Fsp3) is 0.412. The minimum Gasteiger partial charge on any atom is -0.508 e. The number of anilines is 1. The third-order valence-electron chi connectivity index (χ3n) is 4.27. The molecule has 1 fully saturated rings.